The van der Waals surface area contributed by atoms with E-state index in [0.717, 1.165) is 16.8 Å². The number of nitrogens with one attached hydrogen (secondary N) is 1. The van der Waals surface area contributed by atoms with E-state index in [1.54, 1.807) is 23.1 Å². The van der Waals surface area contributed by atoms with E-state index in [-0.39, 0.29) is 17.9 Å². The molecule has 0 bridgehead atoms. The number of hydrogen-bond donors (Lipinski definition) is 1. The molecule has 1 aliphatic rings. The highest BCUT2D eigenvalue weighted by molar-refractivity contribution is 6.12. The second-order valence-electron chi connectivity index (χ2n) is 6.15. The molecule has 3 nitrogen and oxygen atoms in total. The zero-order chi connectivity index (χ0) is 17.4. The van der Waals surface area contributed by atoms with Crippen molar-refractivity contribution in [3.63, 3.8) is 0 Å². The number of benzene rings is 3. The minimum atomic E-state index is -0.353. The van der Waals surface area contributed by atoms with Gasteiger partial charge in [0.2, 0.25) is 0 Å². The molecule has 0 aliphatic carbocycles. The molecule has 1 N–H and O–H groups in total. The summed E-state index contributed by atoms with van der Waals surface area (Å²) in [5.74, 6) is -0.431. The van der Waals surface area contributed by atoms with Crippen molar-refractivity contribution in [1.82, 2.24) is 0 Å². The maximum atomic E-state index is 13.3. The fourth-order valence-electron chi connectivity index (χ4n) is 3.10. The van der Waals surface area contributed by atoms with Gasteiger partial charge in [-0.1, -0.05) is 42.0 Å². The van der Waals surface area contributed by atoms with E-state index in [1.807, 2.05) is 49.4 Å². The Hall–Kier alpha value is -3.14. The molecular formula is C21H17FN2O. The molecule has 25 heavy (non-hydrogen) atoms. The lowest BCUT2D eigenvalue weighted by Crippen LogP contribution is -2.43. The summed E-state index contributed by atoms with van der Waals surface area (Å²) in [5.41, 5.74) is 4.18. The Bertz CT molecular complexity index is 919. The number of nitrogens with zero attached hydrogens (tertiary/aromatic N) is 1. The monoisotopic (exact) mass is 332 g/mol. The highest BCUT2D eigenvalue weighted by Gasteiger charge is 2.33. The van der Waals surface area contributed by atoms with Crippen molar-refractivity contribution >= 4 is 17.3 Å². The molecule has 0 saturated carbocycles. The lowest BCUT2D eigenvalue weighted by atomic mass is 10.0. The first-order chi connectivity index (χ1) is 12.1. The molecule has 3 aromatic carbocycles. The maximum Gasteiger partial charge on any atom is 0.262 e. The van der Waals surface area contributed by atoms with Gasteiger partial charge in [0, 0.05) is 11.4 Å². The van der Waals surface area contributed by atoms with Gasteiger partial charge < -0.3 is 5.32 Å². The predicted octanol–water partition coefficient (Wildman–Crippen LogP) is 4.91. The topological polar surface area (TPSA) is 32.3 Å². The highest BCUT2D eigenvalue weighted by atomic mass is 19.1. The Morgan fingerprint density at radius 1 is 0.920 bits per heavy atom. The van der Waals surface area contributed by atoms with Crippen LogP contribution in [-0.4, -0.2) is 5.91 Å². The summed E-state index contributed by atoms with van der Waals surface area (Å²) < 4.78 is 13.3. The molecule has 1 aliphatic heterocycles. The van der Waals surface area contributed by atoms with Crippen molar-refractivity contribution in [3.8, 4) is 0 Å². The van der Waals surface area contributed by atoms with Crippen LogP contribution in [0.5, 0.6) is 0 Å². The molecule has 1 atom stereocenters. The molecular weight excluding hydrogens is 315 g/mol. The van der Waals surface area contributed by atoms with Crippen LogP contribution in [0, 0.1) is 12.7 Å². The number of para-hydroxylation sites is 1. The van der Waals surface area contributed by atoms with E-state index in [0.29, 0.717) is 11.3 Å². The minimum Gasteiger partial charge on any atom is -0.360 e. The van der Waals surface area contributed by atoms with E-state index in [9.17, 15) is 9.18 Å². The molecule has 1 heterocycles. The second-order valence-corrected chi connectivity index (χ2v) is 6.15. The number of amides is 1. The molecule has 0 saturated heterocycles. The van der Waals surface area contributed by atoms with Crippen LogP contribution in [0.25, 0.3) is 0 Å². The SMILES string of the molecule is Cc1ccc([C@H]2Nc3ccccc3C(=O)N2c2ccc(F)cc2)cc1. The van der Waals surface area contributed by atoms with Crippen LogP contribution in [0.15, 0.2) is 72.8 Å². The molecule has 4 rings (SSSR count). The molecule has 0 fully saturated rings. The lowest BCUT2D eigenvalue weighted by molar-refractivity contribution is 0.0975. The van der Waals surface area contributed by atoms with Crippen LogP contribution < -0.4 is 10.2 Å². The number of aryl methyl sites for hydroxylation is 1. The van der Waals surface area contributed by atoms with E-state index in [2.05, 4.69) is 5.32 Å². The fourth-order valence-corrected chi connectivity index (χ4v) is 3.10. The number of anilines is 2. The second kappa shape index (κ2) is 6.06. The minimum absolute atomic E-state index is 0.105. The molecule has 124 valence electrons. The van der Waals surface area contributed by atoms with E-state index >= 15 is 0 Å². The van der Waals surface area contributed by atoms with E-state index in [1.165, 1.54) is 12.1 Å². The van der Waals surface area contributed by atoms with Gasteiger partial charge in [-0.3, -0.25) is 9.69 Å². The summed E-state index contributed by atoms with van der Waals surface area (Å²) in [6.07, 6.45) is -0.353. The summed E-state index contributed by atoms with van der Waals surface area (Å²) in [4.78, 5) is 14.8. The molecule has 0 radical (unpaired) electrons. The quantitative estimate of drug-likeness (QED) is 0.723. The molecule has 3 aromatic rings. The first-order valence-electron chi connectivity index (χ1n) is 8.15. The van der Waals surface area contributed by atoms with Crippen molar-refractivity contribution < 1.29 is 9.18 Å². The van der Waals surface area contributed by atoms with Gasteiger partial charge in [0.25, 0.3) is 5.91 Å². The van der Waals surface area contributed by atoms with Gasteiger partial charge in [0.1, 0.15) is 12.0 Å². The summed E-state index contributed by atoms with van der Waals surface area (Å²) in [6, 6.07) is 21.5. The van der Waals surface area contributed by atoms with Crippen LogP contribution in [0.2, 0.25) is 0 Å². The lowest BCUT2D eigenvalue weighted by Gasteiger charge is -2.38. The maximum absolute atomic E-state index is 13.3. The van der Waals surface area contributed by atoms with Gasteiger partial charge in [-0.25, -0.2) is 4.39 Å². The Morgan fingerprint density at radius 2 is 1.60 bits per heavy atom. The Kier molecular flexibility index (Phi) is 3.73. The third kappa shape index (κ3) is 2.76. The number of fused-ring (bicyclic) bond motifs is 1. The summed E-state index contributed by atoms with van der Waals surface area (Å²) in [5, 5.41) is 3.44. The first kappa shape index (κ1) is 15.4. The fraction of sp³-hybridized carbons (Fsp3) is 0.0952. The van der Waals surface area contributed by atoms with Gasteiger partial charge >= 0.3 is 0 Å². The number of carbonyl (C=O) groups is 1. The molecule has 0 spiro atoms. The summed E-state index contributed by atoms with van der Waals surface area (Å²) in [6.45, 7) is 2.02. The molecule has 0 aromatic heterocycles. The van der Waals surface area contributed by atoms with Crippen LogP contribution in [0.1, 0.15) is 27.7 Å². The largest absolute Gasteiger partial charge is 0.360 e. The number of halogens is 1. The van der Waals surface area contributed by atoms with Crippen molar-refractivity contribution in [3.05, 3.63) is 95.3 Å². The zero-order valence-electron chi connectivity index (χ0n) is 13.7. The van der Waals surface area contributed by atoms with Crippen LogP contribution in [0.4, 0.5) is 15.8 Å². The van der Waals surface area contributed by atoms with E-state index < -0.39 is 0 Å². The smallest absolute Gasteiger partial charge is 0.262 e. The van der Waals surface area contributed by atoms with E-state index in [4.69, 9.17) is 0 Å². The highest BCUT2D eigenvalue weighted by Crippen LogP contribution is 2.36. The Balaban J connectivity index is 1.85. The van der Waals surface area contributed by atoms with Gasteiger partial charge in [-0.15, -0.1) is 0 Å². The normalized spacial score (nSPS) is 16.3. The van der Waals surface area contributed by atoms with Gasteiger partial charge in [-0.2, -0.15) is 0 Å². The third-order valence-electron chi connectivity index (χ3n) is 4.42. The number of rotatable bonds is 2. The van der Waals surface area contributed by atoms with Gasteiger partial charge in [0.05, 0.1) is 5.56 Å². The van der Waals surface area contributed by atoms with Crippen molar-refractivity contribution in [1.29, 1.82) is 0 Å². The number of carbonyl (C=O) groups excluding carboxylic acids is 1. The predicted molar refractivity (Wildman–Crippen MR) is 97.2 cm³/mol. The van der Waals surface area contributed by atoms with Gasteiger partial charge in [-0.05, 0) is 48.9 Å². The van der Waals surface area contributed by atoms with Crippen molar-refractivity contribution in [2.24, 2.45) is 0 Å². The standard InChI is InChI=1S/C21H17FN2O/c1-14-6-8-15(9-7-14)20-23-19-5-3-2-4-18(19)21(25)24(20)17-12-10-16(22)11-13-17/h2-13,20,23H,1H3/t20-/m0/s1. The average molecular weight is 332 g/mol. The third-order valence-corrected chi connectivity index (χ3v) is 4.42. The first-order valence-corrected chi connectivity index (χ1v) is 8.15. The van der Waals surface area contributed by atoms with Crippen molar-refractivity contribution in [2.75, 3.05) is 10.2 Å². The number of hydrogen-bond acceptors (Lipinski definition) is 2. The summed E-state index contributed by atoms with van der Waals surface area (Å²) in [7, 11) is 0. The van der Waals surface area contributed by atoms with Crippen LogP contribution in [0.3, 0.4) is 0 Å². The molecule has 0 unspecified atom stereocenters. The van der Waals surface area contributed by atoms with Crippen LogP contribution in [-0.2, 0) is 0 Å². The summed E-state index contributed by atoms with van der Waals surface area (Å²) >= 11 is 0. The average Bonchev–Trinajstić information content (AvgIpc) is 2.63. The Morgan fingerprint density at radius 3 is 2.32 bits per heavy atom. The molecule has 1 amide bonds. The van der Waals surface area contributed by atoms with Crippen LogP contribution >= 0.6 is 0 Å². The molecule has 4 heteroatoms. The zero-order valence-corrected chi connectivity index (χ0v) is 13.7. The Labute approximate surface area is 145 Å². The van der Waals surface area contributed by atoms with Crippen molar-refractivity contribution in [2.45, 2.75) is 13.1 Å². The van der Waals surface area contributed by atoms with Gasteiger partial charge in [0.15, 0.2) is 0 Å².